The van der Waals surface area contributed by atoms with E-state index in [4.69, 9.17) is 4.74 Å². The summed E-state index contributed by atoms with van der Waals surface area (Å²) < 4.78 is 34.4. The van der Waals surface area contributed by atoms with Crippen LogP contribution in [0, 0.1) is 0 Å². The Kier molecular flexibility index (Phi) is 9.11. The molecule has 10 heteroatoms. The van der Waals surface area contributed by atoms with Crippen molar-refractivity contribution < 1.29 is 22.7 Å². The van der Waals surface area contributed by atoms with Crippen molar-refractivity contribution in [1.29, 1.82) is 0 Å². The fraction of sp³-hybridized carbons (Fsp3) is 0.231. The van der Waals surface area contributed by atoms with Crippen LogP contribution in [0.2, 0.25) is 0 Å². The van der Waals surface area contributed by atoms with Crippen molar-refractivity contribution in [2.45, 2.75) is 24.4 Å². The number of anilines is 1. The summed E-state index contributed by atoms with van der Waals surface area (Å²) in [7, 11) is -1.05. The Hall–Kier alpha value is -3.37. The molecule has 0 aromatic heterocycles. The minimum atomic E-state index is -4.08. The van der Waals surface area contributed by atoms with Gasteiger partial charge in [0.1, 0.15) is 18.3 Å². The molecule has 0 aliphatic heterocycles. The van der Waals surface area contributed by atoms with Crippen LogP contribution >= 0.6 is 15.9 Å². The zero-order chi connectivity index (χ0) is 26.3. The molecule has 8 nitrogen and oxygen atoms in total. The van der Waals surface area contributed by atoms with Crippen molar-refractivity contribution in [3.63, 3.8) is 0 Å². The fourth-order valence-corrected chi connectivity index (χ4v) is 5.31. The van der Waals surface area contributed by atoms with Crippen molar-refractivity contribution in [3.8, 4) is 5.75 Å². The zero-order valence-electron chi connectivity index (χ0n) is 20.2. The summed E-state index contributed by atoms with van der Waals surface area (Å²) >= 11 is 3.36. The topological polar surface area (TPSA) is 96.0 Å². The summed E-state index contributed by atoms with van der Waals surface area (Å²) in [6, 6.07) is 20.9. The fourth-order valence-electron chi connectivity index (χ4n) is 3.61. The standard InChI is InChI=1S/C26H28BrN3O5S/c1-19(26(32)28-2)29(17-20-8-7-9-23(16-20)35-3)25(31)18-30(22-14-12-21(27)13-15-22)36(33,34)24-10-5-4-6-11-24/h4-16,19H,17-18H2,1-3H3,(H,28,32)/t19-/m0/s1. The third-order valence-electron chi connectivity index (χ3n) is 5.63. The van der Waals surface area contributed by atoms with Gasteiger partial charge in [-0.15, -0.1) is 0 Å². The van der Waals surface area contributed by atoms with Gasteiger partial charge in [-0.05, 0) is 61.0 Å². The Morgan fingerprint density at radius 2 is 1.67 bits per heavy atom. The number of amides is 2. The molecule has 0 fully saturated rings. The van der Waals surface area contributed by atoms with Gasteiger partial charge in [-0.1, -0.05) is 46.3 Å². The van der Waals surface area contributed by atoms with E-state index >= 15 is 0 Å². The number of hydrogen-bond donors (Lipinski definition) is 1. The highest BCUT2D eigenvalue weighted by Gasteiger charge is 2.32. The second-order valence-corrected chi connectivity index (χ2v) is 10.7. The first-order valence-corrected chi connectivity index (χ1v) is 13.4. The van der Waals surface area contributed by atoms with Gasteiger partial charge in [-0.2, -0.15) is 0 Å². The summed E-state index contributed by atoms with van der Waals surface area (Å²) in [5, 5.41) is 2.56. The van der Waals surface area contributed by atoms with Crippen molar-refractivity contribution in [1.82, 2.24) is 10.2 Å². The molecule has 2 amide bonds. The lowest BCUT2D eigenvalue weighted by molar-refractivity contribution is -0.139. The van der Waals surface area contributed by atoms with Gasteiger partial charge in [0.25, 0.3) is 10.0 Å². The molecule has 36 heavy (non-hydrogen) atoms. The number of methoxy groups -OCH3 is 1. The number of nitrogens with one attached hydrogen (secondary N) is 1. The van der Waals surface area contributed by atoms with E-state index in [1.165, 1.54) is 24.1 Å². The molecule has 3 rings (SSSR count). The molecule has 3 aromatic carbocycles. The normalized spacial score (nSPS) is 11.9. The number of hydrogen-bond acceptors (Lipinski definition) is 5. The molecule has 0 spiro atoms. The van der Waals surface area contributed by atoms with Crippen LogP contribution in [0.3, 0.4) is 0 Å². The highest BCUT2D eigenvalue weighted by atomic mass is 79.9. The number of benzene rings is 3. The number of nitrogens with zero attached hydrogens (tertiary/aromatic N) is 2. The van der Waals surface area contributed by atoms with Crippen LogP contribution in [0.5, 0.6) is 5.75 Å². The van der Waals surface area contributed by atoms with Crippen molar-refractivity contribution in [3.05, 3.63) is 88.9 Å². The van der Waals surface area contributed by atoms with E-state index < -0.39 is 28.5 Å². The number of halogens is 1. The molecule has 1 N–H and O–H groups in total. The van der Waals surface area contributed by atoms with E-state index in [-0.39, 0.29) is 17.3 Å². The van der Waals surface area contributed by atoms with Gasteiger partial charge in [0.05, 0.1) is 17.7 Å². The van der Waals surface area contributed by atoms with E-state index in [9.17, 15) is 18.0 Å². The molecule has 0 saturated carbocycles. The maximum absolute atomic E-state index is 13.7. The quantitative estimate of drug-likeness (QED) is 0.398. The van der Waals surface area contributed by atoms with Crippen LogP contribution in [-0.2, 0) is 26.2 Å². The molecule has 0 heterocycles. The molecule has 190 valence electrons. The van der Waals surface area contributed by atoms with Crippen LogP contribution in [0.4, 0.5) is 5.69 Å². The summed E-state index contributed by atoms with van der Waals surface area (Å²) in [4.78, 5) is 27.6. The predicted octanol–water partition coefficient (Wildman–Crippen LogP) is 3.82. The van der Waals surface area contributed by atoms with Gasteiger partial charge >= 0.3 is 0 Å². The minimum absolute atomic E-state index is 0.0550. The summed E-state index contributed by atoms with van der Waals surface area (Å²) in [5.41, 5.74) is 1.06. The highest BCUT2D eigenvalue weighted by molar-refractivity contribution is 9.10. The van der Waals surface area contributed by atoms with Crippen LogP contribution in [0.25, 0.3) is 0 Å². The van der Waals surface area contributed by atoms with E-state index in [1.54, 1.807) is 74.7 Å². The summed E-state index contributed by atoms with van der Waals surface area (Å²) in [5.74, 6) is -0.292. The van der Waals surface area contributed by atoms with E-state index in [2.05, 4.69) is 21.2 Å². The molecule has 0 radical (unpaired) electrons. The number of sulfonamides is 1. The second kappa shape index (κ2) is 12.0. The lowest BCUT2D eigenvalue weighted by Crippen LogP contribution is -2.50. The Morgan fingerprint density at radius 1 is 1.00 bits per heavy atom. The molecular weight excluding hydrogens is 546 g/mol. The molecular formula is C26H28BrN3O5S. The predicted molar refractivity (Wildman–Crippen MR) is 142 cm³/mol. The molecule has 1 atom stereocenters. The largest absolute Gasteiger partial charge is 0.497 e. The van der Waals surface area contributed by atoms with Crippen LogP contribution in [-0.4, -0.2) is 51.9 Å². The lowest BCUT2D eigenvalue weighted by Gasteiger charge is -2.31. The maximum atomic E-state index is 13.7. The van der Waals surface area contributed by atoms with Crippen molar-refractivity contribution >= 4 is 43.5 Å². The third-order valence-corrected chi connectivity index (χ3v) is 7.94. The van der Waals surface area contributed by atoms with Gasteiger partial charge in [0.2, 0.25) is 11.8 Å². The number of likely N-dealkylation sites (N-methyl/N-ethyl adjacent to an activating group) is 1. The molecule has 0 aliphatic rings. The van der Waals surface area contributed by atoms with Gasteiger partial charge in [-0.3, -0.25) is 13.9 Å². The van der Waals surface area contributed by atoms with E-state index in [0.29, 0.717) is 11.4 Å². The summed E-state index contributed by atoms with van der Waals surface area (Å²) in [6.45, 7) is 1.20. The van der Waals surface area contributed by atoms with E-state index in [1.807, 2.05) is 6.07 Å². The lowest BCUT2D eigenvalue weighted by atomic mass is 10.1. The second-order valence-electron chi connectivity index (χ2n) is 7.96. The number of carbonyl (C=O) groups excluding carboxylic acids is 2. The van der Waals surface area contributed by atoms with Crippen LogP contribution in [0.15, 0.2) is 88.2 Å². The molecule has 0 aliphatic carbocycles. The molecule has 3 aromatic rings. The monoisotopic (exact) mass is 573 g/mol. The summed E-state index contributed by atoms with van der Waals surface area (Å²) in [6.07, 6.45) is 0. The van der Waals surface area contributed by atoms with Crippen molar-refractivity contribution in [2.24, 2.45) is 0 Å². The van der Waals surface area contributed by atoms with Crippen LogP contribution < -0.4 is 14.4 Å². The number of rotatable bonds is 10. The Morgan fingerprint density at radius 3 is 2.28 bits per heavy atom. The SMILES string of the molecule is CNC(=O)[C@H](C)N(Cc1cccc(OC)c1)C(=O)CN(c1ccc(Br)cc1)S(=O)(=O)c1ccccc1. The molecule has 0 bridgehead atoms. The van der Waals surface area contributed by atoms with E-state index in [0.717, 1.165) is 14.3 Å². The Labute approximate surface area is 220 Å². The third kappa shape index (κ3) is 6.44. The highest BCUT2D eigenvalue weighted by Crippen LogP contribution is 2.26. The van der Waals surface area contributed by atoms with Gasteiger partial charge in [0, 0.05) is 18.1 Å². The first kappa shape index (κ1) is 27.2. The first-order chi connectivity index (χ1) is 17.2. The number of ether oxygens (including phenoxy) is 1. The first-order valence-electron chi connectivity index (χ1n) is 11.1. The smallest absolute Gasteiger partial charge is 0.264 e. The Balaban J connectivity index is 2.01. The van der Waals surface area contributed by atoms with Crippen LogP contribution in [0.1, 0.15) is 12.5 Å². The van der Waals surface area contributed by atoms with Gasteiger partial charge in [-0.25, -0.2) is 8.42 Å². The minimum Gasteiger partial charge on any atom is -0.497 e. The number of carbonyl (C=O) groups is 2. The van der Waals surface area contributed by atoms with Gasteiger partial charge < -0.3 is 15.0 Å². The average molecular weight is 574 g/mol. The van der Waals surface area contributed by atoms with Gasteiger partial charge in [0.15, 0.2) is 0 Å². The zero-order valence-corrected chi connectivity index (χ0v) is 22.6. The molecule has 0 saturated heterocycles. The average Bonchev–Trinajstić information content (AvgIpc) is 2.90. The molecule has 0 unspecified atom stereocenters. The maximum Gasteiger partial charge on any atom is 0.264 e. The Bertz CT molecular complexity index is 1300. The van der Waals surface area contributed by atoms with Crippen molar-refractivity contribution in [2.75, 3.05) is 25.0 Å².